The number of hydrogen-bond donors (Lipinski definition) is 1. The number of nitrogens with one attached hydrogen (secondary N) is 1. The predicted octanol–water partition coefficient (Wildman–Crippen LogP) is 4.34. The van der Waals surface area contributed by atoms with Crippen molar-refractivity contribution in [2.75, 3.05) is 13.1 Å². The topological polar surface area (TPSA) is 41.6 Å². The maximum atomic E-state index is 12.6. The van der Waals surface area contributed by atoms with Gasteiger partial charge in [0.2, 0.25) is 0 Å². The summed E-state index contributed by atoms with van der Waals surface area (Å²) in [6.45, 7) is 4.41. The summed E-state index contributed by atoms with van der Waals surface area (Å²) in [5, 5.41) is 3.90. The van der Waals surface area contributed by atoms with Crippen molar-refractivity contribution in [3.8, 4) is 11.5 Å². The second-order valence-corrected chi connectivity index (χ2v) is 7.73. The van der Waals surface area contributed by atoms with E-state index in [9.17, 15) is 4.79 Å². The Morgan fingerprint density at radius 1 is 1.12 bits per heavy atom. The van der Waals surface area contributed by atoms with Crippen molar-refractivity contribution in [1.29, 1.82) is 0 Å². The first-order valence-corrected chi connectivity index (χ1v) is 9.55. The predicted molar refractivity (Wildman–Crippen MR) is 103 cm³/mol. The average molecular weight is 371 g/mol. The summed E-state index contributed by atoms with van der Waals surface area (Å²) >= 11 is 5.88. The minimum absolute atomic E-state index is 0.00514. The highest BCUT2D eigenvalue weighted by Gasteiger charge is 2.38. The zero-order valence-electron chi connectivity index (χ0n) is 14.8. The third kappa shape index (κ3) is 3.71. The number of fused-ring (bicyclic) bond motifs is 3. The van der Waals surface area contributed by atoms with Crippen LogP contribution in [0.25, 0.3) is 0 Å². The zero-order valence-corrected chi connectivity index (χ0v) is 15.6. The van der Waals surface area contributed by atoms with E-state index in [2.05, 4.69) is 17.1 Å². The van der Waals surface area contributed by atoms with Crippen LogP contribution in [0.15, 0.2) is 48.5 Å². The van der Waals surface area contributed by atoms with Crippen LogP contribution < -0.4 is 10.1 Å². The highest BCUT2D eigenvalue weighted by Crippen LogP contribution is 2.32. The Hall–Kier alpha value is -2.04. The molecule has 3 fully saturated rings. The van der Waals surface area contributed by atoms with Crippen LogP contribution in [0.2, 0.25) is 5.02 Å². The Kier molecular flexibility index (Phi) is 4.88. The third-order valence-electron chi connectivity index (χ3n) is 5.54. The number of hydrogen-bond acceptors (Lipinski definition) is 3. The van der Waals surface area contributed by atoms with Crippen LogP contribution in [0.4, 0.5) is 0 Å². The van der Waals surface area contributed by atoms with Crippen molar-refractivity contribution < 1.29 is 9.53 Å². The fourth-order valence-corrected chi connectivity index (χ4v) is 4.15. The van der Waals surface area contributed by atoms with Crippen LogP contribution in [0.1, 0.15) is 30.1 Å². The van der Waals surface area contributed by atoms with Crippen molar-refractivity contribution in [3.05, 3.63) is 59.1 Å². The summed E-state index contributed by atoms with van der Waals surface area (Å²) in [6.07, 6.45) is 2.36. The molecule has 3 aliphatic heterocycles. The number of benzene rings is 2. The van der Waals surface area contributed by atoms with Gasteiger partial charge >= 0.3 is 0 Å². The van der Waals surface area contributed by atoms with Crippen LogP contribution >= 0.6 is 11.6 Å². The monoisotopic (exact) mass is 370 g/mol. The molecule has 0 aromatic heterocycles. The first-order valence-electron chi connectivity index (χ1n) is 9.17. The lowest BCUT2D eigenvalue weighted by atomic mass is 9.80. The highest BCUT2D eigenvalue weighted by molar-refractivity contribution is 6.30. The minimum Gasteiger partial charge on any atom is -0.457 e. The number of halogens is 1. The number of carbonyl (C=O) groups is 1. The molecule has 0 aliphatic carbocycles. The smallest absolute Gasteiger partial charge is 0.251 e. The molecule has 2 bridgehead atoms. The summed E-state index contributed by atoms with van der Waals surface area (Å²) in [5.41, 5.74) is 0.665. The fourth-order valence-electron chi connectivity index (χ4n) is 4.02. The van der Waals surface area contributed by atoms with Gasteiger partial charge in [-0.25, -0.2) is 0 Å². The van der Waals surface area contributed by atoms with Gasteiger partial charge in [0.25, 0.3) is 5.91 Å². The molecule has 5 heteroatoms. The molecular formula is C21H23ClN2O2. The highest BCUT2D eigenvalue weighted by atomic mass is 35.5. The average Bonchev–Trinajstić information content (AvgIpc) is 2.65. The van der Waals surface area contributed by atoms with Crippen LogP contribution in [0.5, 0.6) is 11.5 Å². The van der Waals surface area contributed by atoms with Gasteiger partial charge < -0.3 is 10.1 Å². The molecular weight excluding hydrogens is 348 g/mol. The second kappa shape index (κ2) is 7.29. The van der Waals surface area contributed by atoms with Crippen molar-refractivity contribution in [2.24, 2.45) is 5.92 Å². The second-order valence-electron chi connectivity index (χ2n) is 7.29. The van der Waals surface area contributed by atoms with E-state index >= 15 is 0 Å². The van der Waals surface area contributed by atoms with Gasteiger partial charge in [0.05, 0.1) is 0 Å². The van der Waals surface area contributed by atoms with E-state index in [4.69, 9.17) is 16.3 Å². The third-order valence-corrected chi connectivity index (χ3v) is 5.79. The molecule has 0 saturated carbocycles. The molecule has 3 aliphatic rings. The Morgan fingerprint density at radius 2 is 1.77 bits per heavy atom. The van der Waals surface area contributed by atoms with Gasteiger partial charge in [-0.05, 0) is 80.8 Å². The molecule has 136 valence electrons. The first-order chi connectivity index (χ1) is 12.6. The van der Waals surface area contributed by atoms with Crippen LogP contribution in [-0.4, -0.2) is 36.0 Å². The van der Waals surface area contributed by atoms with Crippen LogP contribution in [0.3, 0.4) is 0 Å². The van der Waals surface area contributed by atoms with E-state index < -0.39 is 0 Å². The molecule has 1 amide bonds. The van der Waals surface area contributed by atoms with Gasteiger partial charge in [-0.1, -0.05) is 11.6 Å². The Bertz CT molecular complexity index is 776. The van der Waals surface area contributed by atoms with Crippen molar-refractivity contribution in [2.45, 2.75) is 31.8 Å². The largest absolute Gasteiger partial charge is 0.457 e. The number of nitrogens with zero attached hydrogens (tertiary/aromatic N) is 1. The molecule has 4 atom stereocenters. The minimum atomic E-state index is -0.00514. The van der Waals surface area contributed by atoms with E-state index in [1.165, 1.54) is 12.8 Å². The normalized spacial score (nSPS) is 27.2. The quantitative estimate of drug-likeness (QED) is 0.870. The van der Waals surface area contributed by atoms with E-state index in [1.807, 2.05) is 36.4 Å². The SMILES string of the molecule is CC1CC2CCN1CC2NC(=O)c1ccc(Oc2ccc(Cl)cc2)cc1. The zero-order chi connectivity index (χ0) is 18.1. The van der Waals surface area contributed by atoms with E-state index in [0.717, 1.165) is 13.1 Å². The molecule has 5 rings (SSSR count). The van der Waals surface area contributed by atoms with Crippen molar-refractivity contribution in [1.82, 2.24) is 10.2 Å². The van der Waals surface area contributed by atoms with E-state index in [1.54, 1.807) is 12.1 Å². The lowest BCUT2D eigenvalue weighted by Crippen LogP contribution is -2.60. The number of ether oxygens (including phenoxy) is 1. The molecule has 2 aromatic carbocycles. The Labute approximate surface area is 159 Å². The number of rotatable bonds is 4. The van der Waals surface area contributed by atoms with Gasteiger partial charge in [0.1, 0.15) is 11.5 Å². The molecule has 4 unspecified atom stereocenters. The van der Waals surface area contributed by atoms with Gasteiger partial charge in [0, 0.05) is 29.2 Å². The number of amides is 1. The first kappa shape index (κ1) is 17.4. The van der Waals surface area contributed by atoms with Crippen LogP contribution in [0, 0.1) is 5.92 Å². The van der Waals surface area contributed by atoms with Crippen LogP contribution in [-0.2, 0) is 0 Å². The molecule has 2 aromatic rings. The lowest BCUT2D eigenvalue weighted by Gasteiger charge is -2.48. The van der Waals surface area contributed by atoms with Gasteiger partial charge in [-0.3, -0.25) is 9.69 Å². The fraction of sp³-hybridized carbons (Fsp3) is 0.381. The molecule has 0 radical (unpaired) electrons. The van der Waals surface area contributed by atoms with E-state index in [0.29, 0.717) is 34.0 Å². The van der Waals surface area contributed by atoms with Gasteiger partial charge in [-0.2, -0.15) is 0 Å². The summed E-state index contributed by atoms with van der Waals surface area (Å²) in [4.78, 5) is 15.1. The van der Waals surface area contributed by atoms with Gasteiger partial charge in [-0.15, -0.1) is 0 Å². The number of piperidine rings is 3. The maximum absolute atomic E-state index is 12.6. The Morgan fingerprint density at radius 3 is 2.35 bits per heavy atom. The summed E-state index contributed by atoms with van der Waals surface area (Å²) in [5.74, 6) is 2.01. The number of carbonyl (C=O) groups excluding carboxylic acids is 1. The van der Waals surface area contributed by atoms with Crippen molar-refractivity contribution >= 4 is 17.5 Å². The molecule has 1 N–H and O–H groups in total. The summed E-state index contributed by atoms with van der Waals surface area (Å²) < 4.78 is 5.77. The lowest BCUT2D eigenvalue weighted by molar-refractivity contribution is 0.0274. The molecule has 0 spiro atoms. The van der Waals surface area contributed by atoms with Crippen molar-refractivity contribution in [3.63, 3.8) is 0 Å². The Balaban J connectivity index is 1.37. The molecule has 26 heavy (non-hydrogen) atoms. The molecule has 3 saturated heterocycles. The van der Waals surface area contributed by atoms with E-state index in [-0.39, 0.29) is 11.9 Å². The van der Waals surface area contributed by atoms with Gasteiger partial charge in [0.15, 0.2) is 0 Å². The molecule has 3 heterocycles. The summed E-state index contributed by atoms with van der Waals surface area (Å²) in [7, 11) is 0. The maximum Gasteiger partial charge on any atom is 0.251 e. The molecule has 4 nitrogen and oxygen atoms in total. The standard InChI is InChI=1S/C21H23ClN2O2/c1-14-12-16-10-11-24(14)13-20(16)23-21(25)15-2-6-18(7-3-15)26-19-8-4-17(22)5-9-19/h2-9,14,16,20H,10-13H2,1H3,(H,23,25). The summed E-state index contributed by atoms with van der Waals surface area (Å²) in [6, 6.07) is 15.4.